The normalized spacial score (nSPS) is 12.7. The Balaban J connectivity index is 2.30. The summed E-state index contributed by atoms with van der Waals surface area (Å²) in [6.07, 6.45) is 0. The Morgan fingerprint density at radius 3 is 2.24 bits per heavy atom. The van der Waals surface area contributed by atoms with Gasteiger partial charge in [-0.1, -0.05) is 38.1 Å². The van der Waals surface area contributed by atoms with Crippen LogP contribution in [0.5, 0.6) is 0 Å². The molecule has 0 fully saturated rings. The van der Waals surface area contributed by atoms with Crippen LogP contribution in [0, 0.1) is 5.92 Å². The minimum Gasteiger partial charge on any atom is -0.349 e. The second-order valence-corrected chi connectivity index (χ2v) is 8.31. The summed E-state index contributed by atoms with van der Waals surface area (Å²) < 4.78 is 26.9. The Morgan fingerprint density at radius 2 is 1.64 bits per heavy atom. The molecule has 25 heavy (non-hydrogen) atoms. The maximum Gasteiger partial charge on any atom is 0.264 e. The van der Waals surface area contributed by atoms with Gasteiger partial charge < -0.3 is 5.32 Å². The Morgan fingerprint density at radius 1 is 1.00 bits per heavy atom. The Labute approximate surface area is 149 Å². The Kier molecular flexibility index (Phi) is 5.85. The van der Waals surface area contributed by atoms with Crippen molar-refractivity contribution in [3.8, 4) is 0 Å². The summed E-state index contributed by atoms with van der Waals surface area (Å²) in [5.41, 5.74) is 0.890. The fourth-order valence-corrected chi connectivity index (χ4v) is 3.43. The van der Waals surface area contributed by atoms with E-state index in [4.69, 9.17) is 0 Å². The second-order valence-electron chi connectivity index (χ2n) is 6.34. The maximum absolute atomic E-state index is 12.8. The predicted molar refractivity (Wildman–Crippen MR) is 100 cm³/mol. The first-order valence-electron chi connectivity index (χ1n) is 8.18. The van der Waals surface area contributed by atoms with Gasteiger partial charge in [-0.05, 0) is 43.2 Å². The molecule has 6 heteroatoms. The maximum atomic E-state index is 12.8. The van der Waals surface area contributed by atoms with Gasteiger partial charge in [0.1, 0.15) is 0 Å². The first kappa shape index (κ1) is 19.0. The lowest BCUT2D eigenvalue weighted by atomic mass is 10.1. The van der Waals surface area contributed by atoms with Gasteiger partial charge in [-0.15, -0.1) is 0 Å². The summed E-state index contributed by atoms with van der Waals surface area (Å²) in [5, 5.41) is 2.89. The van der Waals surface area contributed by atoms with E-state index in [0.29, 0.717) is 17.2 Å². The summed E-state index contributed by atoms with van der Waals surface area (Å²) in [6.45, 7) is 5.95. The summed E-state index contributed by atoms with van der Waals surface area (Å²) in [5.74, 6) is 0.0145. The number of hydrogen-bond donors (Lipinski definition) is 1. The zero-order chi connectivity index (χ0) is 18.6. The zero-order valence-corrected chi connectivity index (χ0v) is 15.7. The molecule has 1 N–H and O–H groups in total. The number of nitrogens with zero attached hydrogens (tertiary/aromatic N) is 1. The van der Waals surface area contributed by atoms with Crippen molar-refractivity contribution in [3.05, 3.63) is 60.2 Å². The van der Waals surface area contributed by atoms with E-state index in [1.807, 2.05) is 26.8 Å². The first-order valence-corrected chi connectivity index (χ1v) is 9.62. The number of nitrogens with one attached hydrogen (secondary N) is 1. The number of hydrogen-bond acceptors (Lipinski definition) is 3. The fraction of sp³-hybridized carbons (Fsp3) is 0.316. The average Bonchev–Trinajstić information content (AvgIpc) is 2.61. The van der Waals surface area contributed by atoms with E-state index < -0.39 is 10.0 Å². The molecule has 1 unspecified atom stereocenters. The topological polar surface area (TPSA) is 66.5 Å². The van der Waals surface area contributed by atoms with E-state index >= 15 is 0 Å². The van der Waals surface area contributed by atoms with Crippen LogP contribution in [-0.2, 0) is 10.0 Å². The quantitative estimate of drug-likeness (QED) is 0.860. The lowest BCUT2D eigenvalue weighted by Crippen LogP contribution is -2.36. The smallest absolute Gasteiger partial charge is 0.264 e. The van der Waals surface area contributed by atoms with Gasteiger partial charge in [0.2, 0.25) is 0 Å². The Bertz CT molecular complexity index is 833. The molecule has 2 aromatic carbocycles. The van der Waals surface area contributed by atoms with Gasteiger partial charge in [-0.2, -0.15) is 0 Å². The number of benzene rings is 2. The highest BCUT2D eigenvalue weighted by Gasteiger charge is 2.22. The van der Waals surface area contributed by atoms with Crippen molar-refractivity contribution in [1.29, 1.82) is 0 Å². The average molecular weight is 360 g/mol. The number of carbonyl (C=O) groups is 1. The van der Waals surface area contributed by atoms with Gasteiger partial charge in [0.25, 0.3) is 15.9 Å². The third-order valence-electron chi connectivity index (χ3n) is 4.23. The number of sulfonamides is 1. The molecular weight excluding hydrogens is 336 g/mol. The molecule has 5 nitrogen and oxygen atoms in total. The standard InChI is InChI=1S/C19H24N2O3S/c1-14(2)15(3)20-19(22)16-9-8-12-18(13-16)25(23,24)21(4)17-10-6-5-7-11-17/h5-15H,1-4H3,(H,20,22). The summed E-state index contributed by atoms with van der Waals surface area (Å²) in [6, 6.07) is 14.9. The highest BCUT2D eigenvalue weighted by molar-refractivity contribution is 7.92. The van der Waals surface area contributed by atoms with E-state index in [0.717, 1.165) is 0 Å². The van der Waals surface area contributed by atoms with Crippen molar-refractivity contribution in [2.24, 2.45) is 5.92 Å². The molecule has 134 valence electrons. The second kappa shape index (κ2) is 7.70. The van der Waals surface area contributed by atoms with Gasteiger partial charge in [0.05, 0.1) is 10.6 Å². The molecule has 0 aliphatic rings. The van der Waals surface area contributed by atoms with Crippen LogP contribution in [0.15, 0.2) is 59.5 Å². The minimum atomic E-state index is -3.74. The van der Waals surface area contributed by atoms with Crippen molar-refractivity contribution >= 4 is 21.6 Å². The number of anilines is 1. The van der Waals surface area contributed by atoms with Crippen molar-refractivity contribution in [2.75, 3.05) is 11.4 Å². The largest absolute Gasteiger partial charge is 0.349 e. The molecule has 2 aromatic rings. The van der Waals surface area contributed by atoms with Gasteiger partial charge in [0, 0.05) is 18.7 Å². The number of amides is 1. The molecule has 0 aromatic heterocycles. The molecule has 0 bridgehead atoms. The SMILES string of the molecule is CC(C)C(C)NC(=O)c1cccc(S(=O)(=O)N(C)c2ccccc2)c1. The number of para-hydroxylation sites is 1. The summed E-state index contributed by atoms with van der Waals surface area (Å²) in [7, 11) is -2.24. The van der Waals surface area contributed by atoms with Crippen LogP contribution in [0.2, 0.25) is 0 Å². The first-order chi connectivity index (χ1) is 11.7. The van der Waals surface area contributed by atoms with Crippen molar-refractivity contribution in [2.45, 2.75) is 31.7 Å². The summed E-state index contributed by atoms with van der Waals surface area (Å²) >= 11 is 0. The number of carbonyl (C=O) groups excluding carboxylic acids is 1. The molecule has 2 rings (SSSR count). The zero-order valence-electron chi connectivity index (χ0n) is 14.9. The monoisotopic (exact) mass is 360 g/mol. The van der Waals surface area contributed by atoms with Crippen LogP contribution in [0.3, 0.4) is 0 Å². The van der Waals surface area contributed by atoms with Gasteiger partial charge in [-0.25, -0.2) is 8.42 Å². The molecule has 0 saturated carbocycles. The minimum absolute atomic E-state index is 0.000226. The molecule has 0 aliphatic heterocycles. The summed E-state index contributed by atoms with van der Waals surface area (Å²) in [4.78, 5) is 12.4. The molecule has 0 heterocycles. The lowest BCUT2D eigenvalue weighted by Gasteiger charge is -2.20. The highest BCUT2D eigenvalue weighted by atomic mass is 32.2. The van der Waals surface area contributed by atoms with E-state index in [9.17, 15) is 13.2 Å². The van der Waals surface area contributed by atoms with Gasteiger partial charge in [-0.3, -0.25) is 9.10 Å². The van der Waals surface area contributed by atoms with Crippen molar-refractivity contribution in [1.82, 2.24) is 5.32 Å². The van der Waals surface area contributed by atoms with Crippen molar-refractivity contribution in [3.63, 3.8) is 0 Å². The molecule has 0 radical (unpaired) electrons. The predicted octanol–water partition coefficient (Wildman–Crippen LogP) is 3.29. The van der Waals surface area contributed by atoms with Crippen LogP contribution in [0.4, 0.5) is 5.69 Å². The van der Waals surface area contributed by atoms with E-state index in [-0.39, 0.29) is 16.8 Å². The van der Waals surface area contributed by atoms with Crippen LogP contribution in [0.25, 0.3) is 0 Å². The molecule has 0 aliphatic carbocycles. The van der Waals surface area contributed by atoms with Gasteiger partial charge >= 0.3 is 0 Å². The van der Waals surface area contributed by atoms with E-state index in [1.165, 1.54) is 23.5 Å². The van der Waals surface area contributed by atoms with E-state index in [1.54, 1.807) is 36.4 Å². The Hall–Kier alpha value is -2.34. The van der Waals surface area contributed by atoms with Crippen LogP contribution in [0.1, 0.15) is 31.1 Å². The lowest BCUT2D eigenvalue weighted by molar-refractivity contribution is 0.0930. The number of rotatable bonds is 6. The molecule has 1 amide bonds. The van der Waals surface area contributed by atoms with Crippen molar-refractivity contribution < 1.29 is 13.2 Å². The highest BCUT2D eigenvalue weighted by Crippen LogP contribution is 2.22. The van der Waals surface area contributed by atoms with Crippen LogP contribution in [-0.4, -0.2) is 27.4 Å². The fourth-order valence-electron chi connectivity index (χ4n) is 2.19. The third kappa shape index (κ3) is 4.39. The van der Waals surface area contributed by atoms with Crippen LogP contribution < -0.4 is 9.62 Å². The van der Waals surface area contributed by atoms with Crippen LogP contribution >= 0.6 is 0 Å². The van der Waals surface area contributed by atoms with Gasteiger partial charge in [0.15, 0.2) is 0 Å². The molecule has 0 saturated heterocycles. The van der Waals surface area contributed by atoms with E-state index in [2.05, 4.69) is 5.32 Å². The molecular formula is C19H24N2O3S. The molecule has 1 atom stereocenters. The molecule has 0 spiro atoms. The third-order valence-corrected chi connectivity index (χ3v) is 6.01.